The monoisotopic (exact) mass is 278 g/mol. The minimum atomic E-state index is -1.75. The van der Waals surface area contributed by atoms with Crippen molar-refractivity contribution in [3.8, 4) is 0 Å². The van der Waals surface area contributed by atoms with Crippen molar-refractivity contribution in [2.75, 3.05) is 0 Å². The van der Waals surface area contributed by atoms with E-state index in [0.717, 1.165) is 0 Å². The zero-order valence-corrected chi connectivity index (χ0v) is 11.3. The van der Waals surface area contributed by atoms with Gasteiger partial charge in [-0.15, -0.1) is 0 Å². The van der Waals surface area contributed by atoms with E-state index in [0.29, 0.717) is 11.1 Å². The number of hydrogen-bond donors (Lipinski definition) is 1. The van der Waals surface area contributed by atoms with Crippen molar-refractivity contribution >= 4 is 5.91 Å². The summed E-state index contributed by atoms with van der Waals surface area (Å²) in [4.78, 5) is 16.7. The van der Waals surface area contributed by atoms with Gasteiger partial charge in [-0.25, -0.2) is 4.98 Å². The quantitative estimate of drug-likeness (QED) is 0.800. The number of benzene rings is 2. The van der Waals surface area contributed by atoms with E-state index in [1.54, 1.807) is 48.5 Å². The van der Waals surface area contributed by atoms with E-state index in [2.05, 4.69) is 4.98 Å². The number of carbonyl (C=O) groups is 1. The Morgan fingerprint density at radius 2 is 1.48 bits per heavy atom. The third-order valence-electron chi connectivity index (χ3n) is 3.43. The Morgan fingerprint density at radius 3 is 1.90 bits per heavy atom. The van der Waals surface area contributed by atoms with E-state index in [-0.39, 0.29) is 0 Å². The van der Waals surface area contributed by atoms with Crippen molar-refractivity contribution < 1.29 is 9.90 Å². The number of hydrogen-bond acceptors (Lipinski definition) is 3. The van der Waals surface area contributed by atoms with Gasteiger partial charge >= 0.3 is 0 Å². The van der Waals surface area contributed by atoms with Crippen molar-refractivity contribution in [3.63, 3.8) is 0 Å². The predicted octanol–water partition coefficient (Wildman–Crippen LogP) is 2.46. The van der Waals surface area contributed by atoms with Gasteiger partial charge in [-0.1, -0.05) is 60.7 Å². The van der Waals surface area contributed by atoms with Gasteiger partial charge in [0.1, 0.15) is 6.33 Å². The number of imidazole rings is 1. The van der Waals surface area contributed by atoms with Gasteiger partial charge in [0, 0.05) is 12.4 Å². The van der Waals surface area contributed by atoms with Crippen molar-refractivity contribution in [2.24, 2.45) is 0 Å². The number of aliphatic hydroxyl groups is 1. The molecule has 1 heterocycles. The fraction of sp³-hybridized carbons (Fsp3) is 0.0588. The molecule has 1 N–H and O–H groups in total. The normalized spacial score (nSPS) is 11.3. The fourth-order valence-electron chi connectivity index (χ4n) is 2.34. The fourth-order valence-corrected chi connectivity index (χ4v) is 2.34. The lowest BCUT2D eigenvalue weighted by Gasteiger charge is -2.27. The summed E-state index contributed by atoms with van der Waals surface area (Å²) in [5, 5.41) is 11.2. The Bertz CT molecular complexity index is 683. The topological polar surface area (TPSA) is 55.1 Å². The van der Waals surface area contributed by atoms with Gasteiger partial charge in [0.15, 0.2) is 5.60 Å². The molecule has 2 aromatic carbocycles. The maximum Gasteiger partial charge on any atom is 0.273 e. The van der Waals surface area contributed by atoms with Crippen LogP contribution < -0.4 is 0 Å². The lowest BCUT2D eigenvalue weighted by Crippen LogP contribution is -2.40. The Hall–Kier alpha value is -2.72. The summed E-state index contributed by atoms with van der Waals surface area (Å²) in [7, 11) is 0. The highest BCUT2D eigenvalue weighted by atomic mass is 16.3. The Morgan fingerprint density at radius 1 is 0.952 bits per heavy atom. The second-order valence-corrected chi connectivity index (χ2v) is 4.72. The molecule has 0 atom stereocenters. The molecular formula is C17H14N2O2. The summed E-state index contributed by atoms with van der Waals surface area (Å²) >= 11 is 0. The molecule has 0 spiro atoms. The summed E-state index contributed by atoms with van der Waals surface area (Å²) in [6, 6.07) is 17.8. The van der Waals surface area contributed by atoms with Gasteiger partial charge in [0.25, 0.3) is 5.91 Å². The van der Waals surface area contributed by atoms with Gasteiger partial charge in [0.2, 0.25) is 0 Å². The highest BCUT2D eigenvalue weighted by Gasteiger charge is 2.40. The molecule has 104 valence electrons. The molecular weight excluding hydrogens is 264 g/mol. The summed E-state index contributed by atoms with van der Waals surface area (Å²) in [5.74, 6) is -0.461. The minimum Gasteiger partial charge on any atom is -0.372 e. The van der Waals surface area contributed by atoms with E-state index in [4.69, 9.17) is 0 Å². The van der Waals surface area contributed by atoms with E-state index >= 15 is 0 Å². The van der Waals surface area contributed by atoms with E-state index in [9.17, 15) is 9.90 Å². The number of rotatable bonds is 3. The molecule has 0 amide bonds. The van der Waals surface area contributed by atoms with Gasteiger partial charge in [-0.2, -0.15) is 0 Å². The van der Waals surface area contributed by atoms with Crippen molar-refractivity contribution in [1.82, 2.24) is 9.55 Å². The summed E-state index contributed by atoms with van der Waals surface area (Å²) in [5.41, 5.74) is -0.701. The molecule has 0 unspecified atom stereocenters. The molecule has 0 aliphatic rings. The van der Waals surface area contributed by atoms with Crippen molar-refractivity contribution in [3.05, 3.63) is 90.5 Å². The van der Waals surface area contributed by atoms with Crippen LogP contribution in [0.25, 0.3) is 0 Å². The molecule has 3 aromatic rings. The molecule has 0 aliphatic carbocycles. The summed E-state index contributed by atoms with van der Waals surface area (Å²) < 4.78 is 1.29. The highest BCUT2D eigenvalue weighted by Crippen LogP contribution is 2.31. The van der Waals surface area contributed by atoms with Crippen LogP contribution in [0, 0.1) is 0 Å². The first kappa shape index (κ1) is 13.3. The van der Waals surface area contributed by atoms with Gasteiger partial charge in [-0.05, 0) is 11.1 Å². The van der Waals surface area contributed by atoms with Crippen LogP contribution in [0.4, 0.5) is 0 Å². The highest BCUT2D eigenvalue weighted by molar-refractivity contribution is 5.91. The third-order valence-corrected chi connectivity index (χ3v) is 3.43. The van der Waals surface area contributed by atoms with Crippen LogP contribution in [-0.2, 0) is 5.60 Å². The van der Waals surface area contributed by atoms with E-state index in [1.807, 2.05) is 12.1 Å². The van der Waals surface area contributed by atoms with Crippen LogP contribution in [0.15, 0.2) is 79.4 Å². The molecule has 1 aromatic heterocycles. The molecule has 0 fully saturated rings. The van der Waals surface area contributed by atoms with Crippen LogP contribution in [0.5, 0.6) is 0 Å². The second kappa shape index (κ2) is 5.34. The van der Waals surface area contributed by atoms with Crippen molar-refractivity contribution in [2.45, 2.75) is 5.60 Å². The average molecular weight is 278 g/mol. The zero-order chi connectivity index (χ0) is 14.7. The molecule has 4 heteroatoms. The van der Waals surface area contributed by atoms with Gasteiger partial charge < -0.3 is 5.11 Å². The molecule has 0 saturated heterocycles. The molecule has 0 radical (unpaired) electrons. The second-order valence-electron chi connectivity index (χ2n) is 4.72. The third kappa shape index (κ3) is 2.26. The van der Waals surface area contributed by atoms with E-state index in [1.165, 1.54) is 23.3 Å². The SMILES string of the molecule is O=C(n1ccnc1)C(O)(c1ccccc1)c1ccccc1. The number of nitrogens with zero attached hydrogens (tertiary/aromatic N) is 2. The molecule has 0 bridgehead atoms. The molecule has 0 aliphatic heterocycles. The van der Waals surface area contributed by atoms with Gasteiger partial charge in [0.05, 0.1) is 0 Å². The standard InChI is InChI=1S/C17H14N2O2/c20-16(19-12-11-18-13-19)17(21,14-7-3-1-4-8-14)15-9-5-2-6-10-15/h1-13,21H. The van der Waals surface area contributed by atoms with Crippen LogP contribution in [0.2, 0.25) is 0 Å². The molecule has 21 heavy (non-hydrogen) atoms. The zero-order valence-electron chi connectivity index (χ0n) is 11.3. The molecule has 0 saturated carbocycles. The lowest BCUT2D eigenvalue weighted by atomic mass is 9.85. The van der Waals surface area contributed by atoms with Crippen LogP contribution in [0.3, 0.4) is 0 Å². The molecule has 4 nitrogen and oxygen atoms in total. The van der Waals surface area contributed by atoms with Gasteiger partial charge in [-0.3, -0.25) is 9.36 Å². The minimum absolute atomic E-state index is 0.461. The first-order valence-electron chi connectivity index (χ1n) is 6.59. The van der Waals surface area contributed by atoms with Crippen LogP contribution in [-0.4, -0.2) is 20.6 Å². The van der Waals surface area contributed by atoms with Crippen LogP contribution >= 0.6 is 0 Å². The maximum absolute atomic E-state index is 12.8. The van der Waals surface area contributed by atoms with E-state index < -0.39 is 11.5 Å². The Kier molecular flexibility index (Phi) is 3.38. The number of aromatic nitrogens is 2. The first-order valence-corrected chi connectivity index (χ1v) is 6.59. The largest absolute Gasteiger partial charge is 0.372 e. The smallest absolute Gasteiger partial charge is 0.273 e. The summed E-state index contributed by atoms with van der Waals surface area (Å²) in [6.07, 6.45) is 4.42. The predicted molar refractivity (Wildman–Crippen MR) is 78.7 cm³/mol. The molecule has 3 rings (SSSR count). The lowest BCUT2D eigenvalue weighted by molar-refractivity contribution is 0.0390. The van der Waals surface area contributed by atoms with Crippen molar-refractivity contribution in [1.29, 1.82) is 0 Å². The Labute approximate surface area is 122 Å². The first-order chi connectivity index (χ1) is 10.2. The number of carbonyl (C=O) groups excluding carboxylic acids is 1. The van der Waals surface area contributed by atoms with Crippen LogP contribution in [0.1, 0.15) is 15.9 Å². The average Bonchev–Trinajstić information content (AvgIpc) is 3.09. The Balaban J connectivity index is 2.18. The maximum atomic E-state index is 12.8. The summed E-state index contributed by atoms with van der Waals surface area (Å²) in [6.45, 7) is 0.